The van der Waals surface area contributed by atoms with E-state index in [4.69, 9.17) is 5.73 Å². The number of benzene rings is 2. The van der Waals surface area contributed by atoms with Crippen LogP contribution in [0.4, 0.5) is 5.69 Å². The van der Waals surface area contributed by atoms with Crippen LogP contribution in [-0.4, -0.2) is 37.3 Å². The smallest absolute Gasteiger partial charge is 0.289 e. The molecule has 2 aromatic carbocycles. The van der Waals surface area contributed by atoms with Gasteiger partial charge in [0, 0.05) is 25.7 Å². The molecular formula is C17H21N3O4S. The number of aryl methyl sites for hydroxylation is 1. The Bertz CT molecular complexity index is 838. The maximum atomic E-state index is 12.9. The average Bonchev–Trinajstić information content (AvgIpc) is 2.59. The Kier molecular flexibility index (Phi) is 6.24. The van der Waals surface area contributed by atoms with Crippen LogP contribution in [0.1, 0.15) is 11.1 Å². The molecule has 0 amide bonds. The summed E-state index contributed by atoms with van der Waals surface area (Å²) in [7, 11) is -4.01. The largest absolute Gasteiger partial charge is 0.329 e. The number of rotatable bonds is 8. The minimum absolute atomic E-state index is 0.0974. The fourth-order valence-electron chi connectivity index (χ4n) is 2.52. The van der Waals surface area contributed by atoms with Crippen molar-refractivity contribution in [2.24, 2.45) is 5.73 Å². The molecule has 7 nitrogen and oxygen atoms in total. The second-order valence-electron chi connectivity index (χ2n) is 5.66. The van der Waals surface area contributed by atoms with Gasteiger partial charge in [0.2, 0.25) is 10.0 Å². The molecule has 0 bridgehead atoms. The predicted molar refractivity (Wildman–Crippen MR) is 95.8 cm³/mol. The first-order valence-electron chi connectivity index (χ1n) is 7.85. The van der Waals surface area contributed by atoms with E-state index >= 15 is 0 Å². The highest BCUT2D eigenvalue weighted by atomic mass is 32.2. The van der Waals surface area contributed by atoms with Crippen molar-refractivity contribution in [3.63, 3.8) is 0 Å². The van der Waals surface area contributed by atoms with Crippen LogP contribution in [0.5, 0.6) is 0 Å². The molecule has 0 radical (unpaired) electrons. The summed E-state index contributed by atoms with van der Waals surface area (Å²) in [5.41, 5.74) is 6.75. The second kappa shape index (κ2) is 8.19. The molecule has 0 fully saturated rings. The van der Waals surface area contributed by atoms with Crippen LogP contribution in [0.3, 0.4) is 0 Å². The molecule has 134 valence electrons. The van der Waals surface area contributed by atoms with E-state index in [2.05, 4.69) is 0 Å². The number of hydrogen-bond acceptors (Lipinski definition) is 5. The first kappa shape index (κ1) is 19.0. The van der Waals surface area contributed by atoms with Crippen molar-refractivity contribution in [2.75, 3.05) is 19.6 Å². The molecule has 0 atom stereocenters. The molecule has 0 aliphatic heterocycles. The minimum atomic E-state index is -4.01. The maximum absolute atomic E-state index is 12.9. The fraction of sp³-hybridized carbons (Fsp3) is 0.294. The third-order valence-corrected chi connectivity index (χ3v) is 5.75. The van der Waals surface area contributed by atoms with E-state index in [-0.39, 0.29) is 24.5 Å². The zero-order chi connectivity index (χ0) is 18.4. The number of nitrogens with two attached hydrogens (primary N) is 1. The van der Waals surface area contributed by atoms with Gasteiger partial charge in [-0.25, -0.2) is 8.42 Å². The Balaban J connectivity index is 2.34. The minimum Gasteiger partial charge on any atom is -0.329 e. The molecule has 0 aromatic heterocycles. The highest BCUT2D eigenvalue weighted by Gasteiger charge is 2.31. The summed E-state index contributed by atoms with van der Waals surface area (Å²) >= 11 is 0. The van der Waals surface area contributed by atoms with Gasteiger partial charge >= 0.3 is 0 Å². The predicted octanol–water partition coefficient (Wildman–Crippen LogP) is 2.10. The van der Waals surface area contributed by atoms with Gasteiger partial charge in [0.1, 0.15) is 0 Å². The highest BCUT2D eigenvalue weighted by Crippen LogP contribution is 2.27. The van der Waals surface area contributed by atoms with Crippen LogP contribution >= 0.6 is 0 Å². The number of nitro groups is 1. The lowest BCUT2D eigenvalue weighted by atomic mass is 10.1. The van der Waals surface area contributed by atoms with Crippen LogP contribution in [0.25, 0.3) is 0 Å². The van der Waals surface area contributed by atoms with Crippen molar-refractivity contribution < 1.29 is 13.3 Å². The quantitative estimate of drug-likeness (QED) is 0.571. The summed E-state index contributed by atoms with van der Waals surface area (Å²) in [5, 5.41) is 11.3. The summed E-state index contributed by atoms with van der Waals surface area (Å²) in [6.45, 7) is 2.11. The van der Waals surface area contributed by atoms with E-state index < -0.39 is 20.6 Å². The van der Waals surface area contributed by atoms with Crippen molar-refractivity contribution in [1.82, 2.24) is 4.31 Å². The van der Waals surface area contributed by atoms with Gasteiger partial charge in [0.05, 0.1) is 4.92 Å². The number of nitrogens with zero attached hydrogens (tertiary/aromatic N) is 2. The number of nitro benzene ring substituents is 1. The van der Waals surface area contributed by atoms with Crippen LogP contribution in [0.15, 0.2) is 53.4 Å². The van der Waals surface area contributed by atoms with E-state index in [0.29, 0.717) is 12.0 Å². The molecule has 0 saturated heterocycles. The molecule has 2 rings (SSSR count). The lowest BCUT2D eigenvalue weighted by Crippen LogP contribution is -2.37. The fourth-order valence-corrected chi connectivity index (χ4v) is 4.12. The topological polar surface area (TPSA) is 107 Å². The van der Waals surface area contributed by atoms with Crippen LogP contribution in [0.2, 0.25) is 0 Å². The van der Waals surface area contributed by atoms with Crippen molar-refractivity contribution in [3.05, 3.63) is 69.8 Å². The van der Waals surface area contributed by atoms with Crippen LogP contribution in [-0.2, 0) is 16.4 Å². The van der Waals surface area contributed by atoms with Crippen molar-refractivity contribution >= 4 is 15.7 Å². The second-order valence-corrected chi connectivity index (χ2v) is 7.56. The third-order valence-electron chi connectivity index (χ3n) is 3.80. The third kappa shape index (κ3) is 4.62. The normalized spacial score (nSPS) is 11.6. The Morgan fingerprint density at radius 3 is 2.40 bits per heavy atom. The van der Waals surface area contributed by atoms with Crippen molar-refractivity contribution in [1.29, 1.82) is 0 Å². The van der Waals surface area contributed by atoms with E-state index in [1.54, 1.807) is 13.0 Å². The molecule has 0 aliphatic rings. The van der Waals surface area contributed by atoms with Crippen LogP contribution < -0.4 is 5.73 Å². The zero-order valence-electron chi connectivity index (χ0n) is 14.0. The van der Waals surface area contributed by atoms with E-state index in [1.165, 1.54) is 16.4 Å². The lowest BCUT2D eigenvalue weighted by Gasteiger charge is -2.21. The number of sulfonamides is 1. The first-order valence-corrected chi connectivity index (χ1v) is 9.29. The van der Waals surface area contributed by atoms with Gasteiger partial charge in [-0.05, 0) is 30.5 Å². The van der Waals surface area contributed by atoms with E-state index in [1.807, 2.05) is 30.3 Å². The maximum Gasteiger partial charge on any atom is 0.289 e. The molecule has 0 heterocycles. The zero-order valence-corrected chi connectivity index (χ0v) is 14.8. The first-order chi connectivity index (χ1) is 11.9. The Hall–Kier alpha value is -2.29. The van der Waals surface area contributed by atoms with Crippen molar-refractivity contribution in [3.8, 4) is 0 Å². The van der Waals surface area contributed by atoms with E-state index in [0.717, 1.165) is 5.56 Å². The van der Waals surface area contributed by atoms with Gasteiger partial charge in [0.15, 0.2) is 4.90 Å². The van der Waals surface area contributed by atoms with Crippen LogP contribution in [0, 0.1) is 17.0 Å². The van der Waals surface area contributed by atoms with Gasteiger partial charge in [-0.2, -0.15) is 4.31 Å². The standard InChI is InChI=1S/C17H21N3O4S/c1-14-7-8-17(16(13-14)20(21)22)25(23,24)19(12-10-18)11-9-15-5-3-2-4-6-15/h2-8,13H,9-12,18H2,1H3. The molecule has 0 aliphatic carbocycles. The monoisotopic (exact) mass is 363 g/mol. The molecule has 2 aromatic rings. The average molecular weight is 363 g/mol. The molecule has 0 saturated carbocycles. The Labute approximate surface area is 147 Å². The van der Waals surface area contributed by atoms with Crippen molar-refractivity contribution in [2.45, 2.75) is 18.2 Å². The molecule has 0 spiro atoms. The summed E-state index contributed by atoms with van der Waals surface area (Å²) in [6, 6.07) is 13.6. The molecule has 8 heteroatoms. The van der Waals surface area contributed by atoms with E-state index in [9.17, 15) is 18.5 Å². The summed E-state index contributed by atoms with van der Waals surface area (Å²) in [6.07, 6.45) is 0.500. The van der Waals surface area contributed by atoms with Gasteiger partial charge in [0.25, 0.3) is 5.69 Å². The SMILES string of the molecule is Cc1ccc(S(=O)(=O)N(CCN)CCc2ccccc2)c([N+](=O)[O-])c1. The summed E-state index contributed by atoms with van der Waals surface area (Å²) in [5.74, 6) is 0. The molecule has 2 N–H and O–H groups in total. The van der Waals surface area contributed by atoms with Gasteiger partial charge in [-0.1, -0.05) is 36.4 Å². The van der Waals surface area contributed by atoms with Gasteiger partial charge < -0.3 is 5.73 Å². The Morgan fingerprint density at radius 2 is 1.80 bits per heavy atom. The molecule has 0 unspecified atom stereocenters. The number of hydrogen-bond donors (Lipinski definition) is 1. The molecule has 25 heavy (non-hydrogen) atoms. The lowest BCUT2D eigenvalue weighted by molar-refractivity contribution is -0.387. The summed E-state index contributed by atoms with van der Waals surface area (Å²) in [4.78, 5) is 10.3. The Morgan fingerprint density at radius 1 is 1.12 bits per heavy atom. The van der Waals surface area contributed by atoms with Gasteiger partial charge in [-0.15, -0.1) is 0 Å². The van der Waals surface area contributed by atoms with Gasteiger partial charge in [-0.3, -0.25) is 10.1 Å². The highest BCUT2D eigenvalue weighted by molar-refractivity contribution is 7.89. The molecular weight excluding hydrogens is 342 g/mol. The summed E-state index contributed by atoms with van der Waals surface area (Å²) < 4.78 is 27.1.